The van der Waals surface area contributed by atoms with Crippen LogP contribution in [0.3, 0.4) is 0 Å². The number of rotatable bonds is 4. The van der Waals surface area contributed by atoms with E-state index in [0.29, 0.717) is 0 Å². The van der Waals surface area contributed by atoms with E-state index >= 15 is 0 Å². The summed E-state index contributed by atoms with van der Waals surface area (Å²) in [6.45, 7) is 0. The number of nitrogens with two attached hydrogens (primary N) is 1. The van der Waals surface area contributed by atoms with Crippen LogP contribution < -0.4 is 16.0 Å². The molecule has 5 N–H and O–H groups in total. The van der Waals surface area contributed by atoms with Crippen LogP contribution in [0.15, 0.2) is 10.9 Å². The number of pyridine rings is 1. The number of carboxylic acid groups (broad SMARTS) is 2. The molecule has 1 heterocycles. The molecular formula is C14H9F3N2O6. The number of carboxylic acids is 2. The lowest BCUT2D eigenvalue weighted by atomic mass is 9.94. The summed E-state index contributed by atoms with van der Waals surface area (Å²) in [5, 5.41) is 18.4. The Morgan fingerprint density at radius 3 is 2.12 bits per heavy atom. The molecule has 0 spiro atoms. The molecule has 0 atom stereocenters. The molecule has 0 amide bonds. The molecule has 0 saturated heterocycles. The van der Waals surface area contributed by atoms with E-state index in [4.69, 9.17) is 10.8 Å². The van der Waals surface area contributed by atoms with Crippen LogP contribution in [0.1, 0.15) is 20.7 Å². The number of nitrogen functional groups attached to an aromatic ring is 1. The van der Waals surface area contributed by atoms with Crippen LogP contribution >= 0.6 is 0 Å². The van der Waals surface area contributed by atoms with Crippen LogP contribution in [0, 0.1) is 17.5 Å². The highest BCUT2D eigenvalue weighted by Crippen LogP contribution is 2.37. The molecule has 0 aliphatic heterocycles. The summed E-state index contributed by atoms with van der Waals surface area (Å²) in [5.74, 6) is -10.6. The van der Waals surface area contributed by atoms with Crippen molar-refractivity contribution in [3.05, 3.63) is 45.0 Å². The van der Waals surface area contributed by atoms with Crippen molar-refractivity contribution < 1.29 is 37.7 Å². The number of nitrogens with one attached hydrogen (secondary N) is 1. The van der Waals surface area contributed by atoms with Gasteiger partial charge in [0.2, 0.25) is 0 Å². The fourth-order valence-corrected chi connectivity index (χ4v) is 2.29. The second kappa shape index (κ2) is 6.19. The summed E-state index contributed by atoms with van der Waals surface area (Å²) >= 11 is 0. The number of hydrogen-bond acceptors (Lipinski definition) is 5. The monoisotopic (exact) mass is 358 g/mol. The van der Waals surface area contributed by atoms with Gasteiger partial charge in [0.1, 0.15) is 22.8 Å². The molecule has 1 aromatic heterocycles. The quantitative estimate of drug-likeness (QED) is 0.648. The smallest absolute Gasteiger partial charge is 0.342 e. The molecule has 2 aromatic rings. The number of H-pyrrole nitrogens is 1. The Morgan fingerprint density at radius 2 is 1.64 bits per heavy atom. The summed E-state index contributed by atoms with van der Waals surface area (Å²) in [6, 6.07) is 0.159. The highest BCUT2D eigenvalue weighted by Gasteiger charge is 2.32. The number of aromatic carboxylic acids is 2. The van der Waals surface area contributed by atoms with Crippen molar-refractivity contribution in [2.24, 2.45) is 0 Å². The Balaban J connectivity index is 3.15. The molecule has 0 aliphatic rings. The molecule has 0 aliphatic carbocycles. The zero-order valence-electron chi connectivity index (χ0n) is 12.3. The molecule has 25 heavy (non-hydrogen) atoms. The van der Waals surface area contributed by atoms with Gasteiger partial charge in [0.25, 0.3) is 5.56 Å². The Morgan fingerprint density at radius 1 is 1.08 bits per heavy atom. The van der Waals surface area contributed by atoms with Crippen molar-refractivity contribution >= 4 is 17.8 Å². The van der Waals surface area contributed by atoms with Crippen molar-refractivity contribution in [1.29, 1.82) is 0 Å². The average Bonchev–Trinajstić information content (AvgIpc) is 2.45. The minimum Gasteiger partial charge on any atom is -0.491 e. The third kappa shape index (κ3) is 2.75. The Kier molecular flexibility index (Phi) is 4.42. The number of hydrogen-bond donors (Lipinski definition) is 4. The van der Waals surface area contributed by atoms with E-state index < -0.39 is 68.8 Å². The highest BCUT2D eigenvalue weighted by atomic mass is 19.1. The molecule has 0 fully saturated rings. The Bertz CT molecular complexity index is 970. The summed E-state index contributed by atoms with van der Waals surface area (Å²) in [4.78, 5) is 36.3. The molecular weight excluding hydrogens is 349 g/mol. The van der Waals surface area contributed by atoms with Gasteiger partial charge in [-0.2, -0.15) is 0 Å². The van der Waals surface area contributed by atoms with Gasteiger partial charge in [0, 0.05) is 11.6 Å². The van der Waals surface area contributed by atoms with Crippen molar-refractivity contribution in [3.8, 4) is 16.9 Å². The number of halogens is 3. The Labute approximate surface area is 136 Å². The van der Waals surface area contributed by atoms with Crippen LogP contribution in [0.2, 0.25) is 0 Å². The average molecular weight is 358 g/mol. The fraction of sp³-hybridized carbons (Fsp3) is 0.0714. The maximum atomic E-state index is 14.5. The lowest BCUT2D eigenvalue weighted by Gasteiger charge is -2.15. The zero-order chi connectivity index (χ0) is 19.0. The number of benzene rings is 1. The van der Waals surface area contributed by atoms with Crippen molar-refractivity contribution in [1.82, 2.24) is 4.98 Å². The van der Waals surface area contributed by atoms with Crippen molar-refractivity contribution in [2.45, 2.75) is 0 Å². The fourth-order valence-electron chi connectivity index (χ4n) is 2.29. The van der Waals surface area contributed by atoms with Crippen LogP contribution in [0.25, 0.3) is 11.1 Å². The summed E-state index contributed by atoms with van der Waals surface area (Å²) in [5.41, 5.74) is -0.808. The topological polar surface area (TPSA) is 143 Å². The summed E-state index contributed by atoms with van der Waals surface area (Å²) in [7, 11) is 0.853. The molecule has 0 bridgehead atoms. The summed E-state index contributed by atoms with van der Waals surface area (Å²) in [6.07, 6.45) is 0. The first-order chi connectivity index (χ1) is 11.6. The van der Waals surface area contributed by atoms with Crippen LogP contribution in [0.4, 0.5) is 19.0 Å². The number of aromatic amines is 1. The molecule has 8 nitrogen and oxygen atoms in total. The normalized spacial score (nSPS) is 10.6. The van der Waals surface area contributed by atoms with Gasteiger partial charge in [-0.25, -0.2) is 22.8 Å². The van der Waals surface area contributed by atoms with Crippen LogP contribution in [0.5, 0.6) is 5.75 Å². The van der Waals surface area contributed by atoms with E-state index in [1.165, 1.54) is 0 Å². The molecule has 1 aromatic carbocycles. The maximum absolute atomic E-state index is 14.5. The first kappa shape index (κ1) is 17.8. The highest BCUT2D eigenvalue weighted by molar-refractivity contribution is 6.07. The first-order valence-electron chi connectivity index (χ1n) is 6.35. The van der Waals surface area contributed by atoms with E-state index in [1.807, 2.05) is 0 Å². The van der Waals surface area contributed by atoms with Gasteiger partial charge < -0.3 is 25.7 Å². The minimum absolute atomic E-state index is 0.159. The molecule has 0 unspecified atom stereocenters. The number of methoxy groups -OCH3 is 1. The van der Waals surface area contributed by atoms with Gasteiger partial charge in [-0.15, -0.1) is 0 Å². The van der Waals surface area contributed by atoms with Crippen LogP contribution in [-0.4, -0.2) is 34.2 Å². The third-order valence-electron chi connectivity index (χ3n) is 3.25. The predicted molar refractivity (Wildman–Crippen MR) is 77.3 cm³/mol. The maximum Gasteiger partial charge on any atom is 0.342 e. The second-order valence-corrected chi connectivity index (χ2v) is 4.67. The van der Waals surface area contributed by atoms with Gasteiger partial charge in [-0.05, 0) is 0 Å². The number of ether oxygens (including phenoxy) is 1. The van der Waals surface area contributed by atoms with Gasteiger partial charge in [-0.1, -0.05) is 0 Å². The van der Waals surface area contributed by atoms with Gasteiger partial charge in [0.15, 0.2) is 17.4 Å². The second-order valence-electron chi connectivity index (χ2n) is 4.67. The van der Waals surface area contributed by atoms with E-state index in [9.17, 15) is 32.7 Å². The van der Waals surface area contributed by atoms with E-state index in [-0.39, 0.29) is 6.07 Å². The Hall–Kier alpha value is -3.50. The van der Waals surface area contributed by atoms with Crippen molar-refractivity contribution in [2.75, 3.05) is 12.8 Å². The van der Waals surface area contributed by atoms with E-state index in [2.05, 4.69) is 4.74 Å². The van der Waals surface area contributed by atoms with Crippen molar-refractivity contribution in [3.63, 3.8) is 0 Å². The van der Waals surface area contributed by atoms with E-state index in [1.54, 1.807) is 4.98 Å². The van der Waals surface area contributed by atoms with Gasteiger partial charge in [-0.3, -0.25) is 4.79 Å². The lowest BCUT2D eigenvalue weighted by Crippen LogP contribution is -2.25. The van der Waals surface area contributed by atoms with Gasteiger partial charge >= 0.3 is 11.9 Å². The predicted octanol–water partition coefficient (Wildman–Crippen LogP) is 1.45. The van der Waals surface area contributed by atoms with E-state index in [0.717, 1.165) is 7.11 Å². The largest absolute Gasteiger partial charge is 0.491 e. The molecule has 0 saturated carbocycles. The SMILES string of the molecule is COc1c(F)cc(F)c(-c2c(C(=O)O)c(N)[nH]c(=O)c2C(=O)O)c1F. The molecule has 132 valence electrons. The number of aromatic nitrogens is 1. The summed E-state index contributed by atoms with van der Waals surface area (Å²) < 4.78 is 46.7. The number of carbonyl (C=O) groups is 2. The molecule has 0 radical (unpaired) electrons. The molecule has 11 heteroatoms. The first-order valence-corrected chi connectivity index (χ1v) is 6.35. The molecule has 2 rings (SSSR count). The van der Waals surface area contributed by atoms with Crippen LogP contribution in [-0.2, 0) is 0 Å². The standard InChI is InChI=1S/C14H9F3N2O6/c1-25-10-4(16)2-3(15)5(9(10)17)6-7(13(21)22)11(18)19-12(20)8(6)14(23)24/h2H,1H3,(H,21,22)(H,23,24)(H3,18,19,20). The number of anilines is 1. The third-order valence-corrected chi connectivity index (χ3v) is 3.25. The van der Waals surface area contributed by atoms with Gasteiger partial charge in [0.05, 0.1) is 12.7 Å². The lowest BCUT2D eigenvalue weighted by molar-refractivity contribution is 0.0695. The zero-order valence-corrected chi connectivity index (χ0v) is 12.3. The minimum atomic E-state index is -1.97.